The number of hydrogen-bond donors (Lipinski definition) is 1. The Kier molecular flexibility index (Phi) is 4.22. The Balaban J connectivity index is 3.04. The average Bonchev–Trinajstić information content (AvgIpc) is 2.63. The third-order valence-electron chi connectivity index (χ3n) is 2.05. The zero-order valence-corrected chi connectivity index (χ0v) is 9.79. The van der Waals surface area contributed by atoms with Crippen LogP contribution in [0.2, 0.25) is 0 Å². The predicted molar refractivity (Wildman–Crippen MR) is 58.5 cm³/mol. The number of carbonyl (C=O) groups is 2. The number of carbonyl (C=O) groups excluding carboxylic acids is 2. The van der Waals surface area contributed by atoms with E-state index in [2.05, 4.69) is 9.97 Å². The Labute approximate surface area is 94.2 Å². The average molecular weight is 224 g/mol. The quantitative estimate of drug-likeness (QED) is 0.610. The molecule has 5 nitrogen and oxygen atoms in total. The number of ether oxygens (including phenoxy) is 1. The molecule has 0 atom stereocenters. The van der Waals surface area contributed by atoms with Crippen LogP contribution in [0.25, 0.3) is 0 Å². The molecule has 1 N–H and O–H groups in total. The SMILES string of the molecule is CCCc1nc(C(C)=O)c(C(=O)OCC)[nH]1. The molecule has 1 aromatic heterocycles. The number of imidazole rings is 1. The number of aromatic amines is 1. The molecule has 88 valence electrons. The van der Waals surface area contributed by atoms with E-state index in [0.717, 1.165) is 6.42 Å². The maximum Gasteiger partial charge on any atom is 0.357 e. The van der Waals surface area contributed by atoms with Crippen LogP contribution in [0.5, 0.6) is 0 Å². The molecule has 0 aliphatic rings. The number of H-pyrrole nitrogens is 1. The van der Waals surface area contributed by atoms with Gasteiger partial charge in [0.15, 0.2) is 11.5 Å². The first-order valence-corrected chi connectivity index (χ1v) is 5.37. The summed E-state index contributed by atoms with van der Waals surface area (Å²) >= 11 is 0. The molecule has 0 saturated carbocycles. The molecule has 1 aromatic rings. The van der Waals surface area contributed by atoms with Crippen LogP contribution in [0.4, 0.5) is 0 Å². The van der Waals surface area contributed by atoms with Gasteiger partial charge in [-0.1, -0.05) is 6.92 Å². The third kappa shape index (κ3) is 2.68. The van der Waals surface area contributed by atoms with Crippen molar-refractivity contribution in [3.05, 3.63) is 17.2 Å². The Morgan fingerprint density at radius 1 is 1.38 bits per heavy atom. The summed E-state index contributed by atoms with van der Waals surface area (Å²) in [5, 5.41) is 0. The van der Waals surface area contributed by atoms with E-state index in [9.17, 15) is 9.59 Å². The standard InChI is InChI=1S/C11H16N2O3/c1-4-6-8-12-9(7(3)14)10(13-8)11(15)16-5-2/h4-6H2,1-3H3,(H,12,13). The van der Waals surface area contributed by atoms with Crippen LogP contribution in [0.15, 0.2) is 0 Å². The minimum absolute atomic E-state index is 0.165. The maximum absolute atomic E-state index is 11.5. The van der Waals surface area contributed by atoms with Crippen molar-refractivity contribution in [3.8, 4) is 0 Å². The Morgan fingerprint density at radius 2 is 2.06 bits per heavy atom. The summed E-state index contributed by atoms with van der Waals surface area (Å²) < 4.78 is 4.85. The molecule has 5 heteroatoms. The number of nitrogens with zero attached hydrogens (tertiary/aromatic N) is 1. The van der Waals surface area contributed by atoms with Crippen molar-refractivity contribution in [2.45, 2.75) is 33.6 Å². The highest BCUT2D eigenvalue weighted by Crippen LogP contribution is 2.10. The lowest BCUT2D eigenvalue weighted by molar-refractivity contribution is 0.0516. The Hall–Kier alpha value is -1.65. The van der Waals surface area contributed by atoms with Gasteiger partial charge < -0.3 is 9.72 Å². The highest BCUT2D eigenvalue weighted by molar-refractivity contribution is 6.02. The molecule has 0 fully saturated rings. The summed E-state index contributed by atoms with van der Waals surface area (Å²) in [6.45, 7) is 5.38. The molecule has 1 heterocycles. The van der Waals surface area contributed by atoms with E-state index < -0.39 is 5.97 Å². The van der Waals surface area contributed by atoms with E-state index in [1.54, 1.807) is 6.92 Å². The summed E-state index contributed by atoms with van der Waals surface area (Å²) in [4.78, 5) is 29.8. The summed E-state index contributed by atoms with van der Waals surface area (Å²) in [7, 11) is 0. The van der Waals surface area contributed by atoms with Crippen molar-refractivity contribution in [3.63, 3.8) is 0 Å². The van der Waals surface area contributed by atoms with Gasteiger partial charge in [0.05, 0.1) is 6.61 Å². The van der Waals surface area contributed by atoms with Crippen LogP contribution in [-0.4, -0.2) is 28.3 Å². The number of aryl methyl sites for hydroxylation is 1. The van der Waals surface area contributed by atoms with Crippen LogP contribution in [0, 0.1) is 0 Å². The van der Waals surface area contributed by atoms with Crippen molar-refractivity contribution in [2.75, 3.05) is 6.61 Å². The molecule has 0 radical (unpaired) electrons. The molecule has 0 aromatic carbocycles. The molecule has 0 amide bonds. The molecule has 0 saturated heterocycles. The van der Waals surface area contributed by atoms with E-state index in [1.807, 2.05) is 6.92 Å². The monoisotopic (exact) mass is 224 g/mol. The van der Waals surface area contributed by atoms with Crippen LogP contribution >= 0.6 is 0 Å². The highest BCUT2D eigenvalue weighted by atomic mass is 16.5. The number of hydrogen-bond acceptors (Lipinski definition) is 4. The number of Topliss-reactive ketones (excluding diaryl/α,β-unsaturated/α-hetero) is 1. The minimum Gasteiger partial charge on any atom is -0.461 e. The maximum atomic E-state index is 11.5. The summed E-state index contributed by atoms with van der Waals surface area (Å²) in [6.07, 6.45) is 1.60. The lowest BCUT2D eigenvalue weighted by atomic mass is 10.2. The molecular weight excluding hydrogens is 208 g/mol. The molecule has 0 spiro atoms. The molecule has 0 bridgehead atoms. The lowest BCUT2D eigenvalue weighted by Gasteiger charge is -1.99. The number of ketones is 1. The van der Waals surface area contributed by atoms with Crippen molar-refractivity contribution in [2.24, 2.45) is 0 Å². The van der Waals surface area contributed by atoms with E-state index in [4.69, 9.17) is 4.74 Å². The first kappa shape index (κ1) is 12.4. The van der Waals surface area contributed by atoms with Gasteiger partial charge in [0.1, 0.15) is 11.5 Å². The predicted octanol–water partition coefficient (Wildman–Crippen LogP) is 1.74. The highest BCUT2D eigenvalue weighted by Gasteiger charge is 2.20. The summed E-state index contributed by atoms with van der Waals surface area (Å²) in [5.41, 5.74) is 0.333. The summed E-state index contributed by atoms with van der Waals surface area (Å²) in [6, 6.07) is 0. The number of nitrogens with one attached hydrogen (secondary N) is 1. The van der Waals surface area contributed by atoms with Gasteiger partial charge in [-0.25, -0.2) is 9.78 Å². The first-order valence-electron chi connectivity index (χ1n) is 5.37. The van der Waals surface area contributed by atoms with Crippen LogP contribution < -0.4 is 0 Å². The topological polar surface area (TPSA) is 72.1 Å². The lowest BCUT2D eigenvalue weighted by Crippen LogP contribution is -2.10. The van der Waals surface area contributed by atoms with Crippen molar-refractivity contribution < 1.29 is 14.3 Å². The van der Waals surface area contributed by atoms with E-state index >= 15 is 0 Å². The van der Waals surface area contributed by atoms with E-state index in [0.29, 0.717) is 12.2 Å². The van der Waals surface area contributed by atoms with Crippen LogP contribution in [0.1, 0.15) is 54.0 Å². The fourth-order valence-electron chi connectivity index (χ4n) is 1.38. The molecule has 0 aliphatic carbocycles. The Bertz CT molecular complexity index is 396. The molecule has 0 aliphatic heterocycles. The van der Waals surface area contributed by atoms with Gasteiger partial charge in [-0.15, -0.1) is 0 Å². The third-order valence-corrected chi connectivity index (χ3v) is 2.05. The second-order valence-corrected chi connectivity index (χ2v) is 3.43. The Morgan fingerprint density at radius 3 is 2.56 bits per heavy atom. The van der Waals surface area contributed by atoms with Gasteiger partial charge >= 0.3 is 5.97 Å². The number of rotatable bonds is 5. The van der Waals surface area contributed by atoms with Crippen LogP contribution in [0.3, 0.4) is 0 Å². The van der Waals surface area contributed by atoms with Gasteiger partial charge in [0.25, 0.3) is 0 Å². The second-order valence-electron chi connectivity index (χ2n) is 3.43. The van der Waals surface area contributed by atoms with Gasteiger partial charge in [-0.3, -0.25) is 4.79 Å². The van der Waals surface area contributed by atoms with Crippen molar-refractivity contribution in [1.29, 1.82) is 0 Å². The zero-order chi connectivity index (χ0) is 12.1. The largest absolute Gasteiger partial charge is 0.461 e. The van der Waals surface area contributed by atoms with Gasteiger partial charge in [-0.05, 0) is 13.3 Å². The minimum atomic E-state index is -0.525. The first-order chi connectivity index (χ1) is 7.60. The van der Waals surface area contributed by atoms with Crippen molar-refractivity contribution >= 4 is 11.8 Å². The van der Waals surface area contributed by atoms with Gasteiger partial charge in [0.2, 0.25) is 0 Å². The molecule has 0 unspecified atom stereocenters. The fraction of sp³-hybridized carbons (Fsp3) is 0.545. The number of esters is 1. The fourth-order valence-corrected chi connectivity index (χ4v) is 1.38. The van der Waals surface area contributed by atoms with Gasteiger partial charge in [0, 0.05) is 13.3 Å². The van der Waals surface area contributed by atoms with E-state index in [-0.39, 0.29) is 23.8 Å². The summed E-state index contributed by atoms with van der Waals surface area (Å²) in [5.74, 6) is -0.111. The normalized spacial score (nSPS) is 10.2. The van der Waals surface area contributed by atoms with Gasteiger partial charge in [-0.2, -0.15) is 0 Å². The molecule has 16 heavy (non-hydrogen) atoms. The smallest absolute Gasteiger partial charge is 0.357 e. The van der Waals surface area contributed by atoms with Crippen molar-refractivity contribution in [1.82, 2.24) is 9.97 Å². The zero-order valence-electron chi connectivity index (χ0n) is 9.79. The molecule has 1 rings (SSSR count). The van der Waals surface area contributed by atoms with Crippen LogP contribution in [-0.2, 0) is 11.2 Å². The number of aromatic nitrogens is 2. The van der Waals surface area contributed by atoms with E-state index in [1.165, 1.54) is 6.92 Å². The molecular formula is C11H16N2O3. The second kappa shape index (κ2) is 5.44.